The molecule has 118 valence electrons. The van der Waals surface area contributed by atoms with E-state index in [9.17, 15) is 4.79 Å². The molecule has 0 heterocycles. The quantitative estimate of drug-likeness (QED) is 0.444. The highest BCUT2D eigenvalue weighted by Gasteiger charge is 2.08. The first-order chi connectivity index (χ1) is 10.3. The maximum absolute atomic E-state index is 11.8. The SMILES string of the molecule is CCCCCCCCOCCOC(=O)c1ccccc1C. The van der Waals surface area contributed by atoms with E-state index in [-0.39, 0.29) is 5.97 Å². The number of carbonyl (C=O) groups excluding carboxylic acids is 1. The van der Waals surface area contributed by atoms with Crippen LogP contribution in [0, 0.1) is 6.92 Å². The van der Waals surface area contributed by atoms with Crippen molar-refractivity contribution < 1.29 is 14.3 Å². The number of ether oxygens (including phenoxy) is 2. The Hall–Kier alpha value is -1.35. The zero-order valence-corrected chi connectivity index (χ0v) is 13.4. The molecule has 0 bridgehead atoms. The lowest BCUT2D eigenvalue weighted by Gasteiger charge is -2.07. The molecule has 0 saturated heterocycles. The fraction of sp³-hybridized carbons (Fsp3) is 0.611. The van der Waals surface area contributed by atoms with Gasteiger partial charge in [0.2, 0.25) is 0 Å². The first kappa shape index (κ1) is 17.7. The highest BCUT2D eigenvalue weighted by Crippen LogP contribution is 2.08. The van der Waals surface area contributed by atoms with Crippen molar-refractivity contribution in [2.24, 2.45) is 0 Å². The summed E-state index contributed by atoms with van der Waals surface area (Å²) in [6.45, 7) is 5.69. The smallest absolute Gasteiger partial charge is 0.338 e. The predicted octanol–water partition coefficient (Wildman–Crippen LogP) is 4.53. The van der Waals surface area contributed by atoms with Crippen LogP contribution in [0.2, 0.25) is 0 Å². The number of carbonyl (C=O) groups is 1. The molecule has 0 aliphatic rings. The zero-order valence-electron chi connectivity index (χ0n) is 13.4. The van der Waals surface area contributed by atoms with Gasteiger partial charge in [-0.25, -0.2) is 4.79 Å². The van der Waals surface area contributed by atoms with E-state index in [0.29, 0.717) is 18.8 Å². The molecule has 0 radical (unpaired) electrons. The van der Waals surface area contributed by atoms with Gasteiger partial charge in [-0.3, -0.25) is 0 Å². The van der Waals surface area contributed by atoms with Crippen LogP contribution in [-0.4, -0.2) is 25.8 Å². The molecular weight excluding hydrogens is 264 g/mol. The van der Waals surface area contributed by atoms with Gasteiger partial charge in [-0.1, -0.05) is 57.2 Å². The van der Waals surface area contributed by atoms with Crippen LogP contribution >= 0.6 is 0 Å². The van der Waals surface area contributed by atoms with Gasteiger partial charge in [-0.15, -0.1) is 0 Å². The Morgan fingerprint density at radius 2 is 1.67 bits per heavy atom. The average Bonchev–Trinajstić information content (AvgIpc) is 2.49. The molecule has 0 saturated carbocycles. The molecule has 0 amide bonds. The number of benzene rings is 1. The van der Waals surface area contributed by atoms with Crippen molar-refractivity contribution in [3.63, 3.8) is 0 Å². The minimum absolute atomic E-state index is 0.267. The number of unbranched alkanes of at least 4 members (excludes halogenated alkanes) is 5. The summed E-state index contributed by atoms with van der Waals surface area (Å²) in [5, 5.41) is 0. The molecule has 0 aliphatic carbocycles. The monoisotopic (exact) mass is 292 g/mol. The summed E-state index contributed by atoms with van der Waals surface area (Å²) >= 11 is 0. The molecule has 0 spiro atoms. The van der Waals surface area contributed by atoms with Crippen molar-refractivity contribution in [1.82, 2.24) is 0 Å². The number of rotatable bonds is 11. The number of hydrogen-bond acceptors (Lipinski definition) is 3. The van der Waals surface area contributed by atoms with E-state index >= 15 is 0 Å². The van der Waals surface area contributed by atoms with Gasteiger partial charge >= 0.3 is 5.97 Å². The average molecular weight is 292 g/mol. The van der Waals surface area contributed by atoms with E-state index in [1.165, 1.54) is 32.1 Å². The Balaban J connectivity index is 1.99. The standard InChI is InChI=1S/C18H28O3/c1-3-4-5-6-7-10-13-20-14-15-21-18(19)17-12-9-8-11-16(17)2/h8-9,11-12H,3-7,10,13-15H2,1-2H3. The summed E-state index contributed by atoms with van der Waals surface area (Å²) in [7, 11) is 0. The molecule has 0 aromatic heterocycles. The summed E-state index contributed by atoms with van der Waals surface area (Å²) in [6.07, 6.45) is 7.54. The van der Waals surface area contributed by atoms with Gasteiger partial charge in [0.25, 0.3) is 0 Å². The lowest BCUT2D eigenvalue weighted by Crippen LogP contribution is -2.12. The predicted molar refractivity (Wildman–Crippen MR) is 85.7 cm³/mol. The molecule has 21 heavy (non-hydrogen) atoms. The highest BCUT2D eigenvalue weighted by molar-refractivity contribution is 5.90. The first-order valence-electron chi connectivity index (χ1n) is 8.06. The van der Waals surface area contributed by atoms with Crippen LogP contribution in [0.15, 0.2) is 24.3 Å². The van der Waals surface area contributed by atoms with Crippen molar-refractivity contribution in [3.05, 3.63) is 35.4 Å². The summed E-state index contributed by atoms with van der Waals surface area (Å²) in [4.78, 5) is 11.8. The van der Waals surface area contributed by atoms with Crippen LogP contribution in [0.1, 0.15) is 61.4 Å². The van der Waals surface area contributed by atoms with Gasteiger partial charge in [-0.2, -0.15) is 0 Å². The molecular formula is C18H28O3. The lowest BCUT2D eigenvalue weighted by atomic mass is 10.1. The van der Waals surface area contributed by atoms with E-state index in [4.69, 9.17) is 9.47 Å². The van der Waals surface area contributed by atoms with E-state index < -0.39 is 0 Å². The fourth-order valence-corrected chi connectivity index (χ4v) is 2.16. The van der Waals surface area contributed by atoms with Crippen molar-refractivity contribution in [2.45, 2.75) is 52.4 Å². The van der Waals surface area contributed by atoms with Crippen molar-refractivity contribution in [3.8, 4) is 0 Å². The number of aryl methyl sites for hydroxylation is 1. The number of esters is 1. The Kier molecular flexibility index (Phi) is 9.55. The summed E-state index contributed by atoms with van der Waals surface area (Å²) < 4.78 is 10.7. The van der Waals surface area contributed by atoms with Crippen LogP contribution in [0.25, 0.3) is 0 Å². The van der Waals surface area contributed by atoms with Crippen molar-refractivity contribution >= 4 is 5.97 Å². The molecule has 0 unspecified atom stereocenters. The van der Waals surface area contributed by atoms with Gasteiger partial charge in [0.15, 0.2) is 0 Å². The minimum Gasteiger partial charge on any atom is -0.460 e. The van der Waals surface area contributed by atoms with Crippen LogP contribution in [0.3, 0.4) is 0 Å². The topological polar surface area (TPSA) is 35.5 Å². The maximum Gasteiger partial charge on any atom is 0.338 e. The maximum atomic E-state index is 11.8. The van der Waals surface area contributed by atoms with E-state index in [0.717, 1.165) is 18.6 Å². The first-order valence-corrected chi connectivity index (χ1v) is 8.06. The molecule has 1 aromatic carbocycles. The van der Waals surface area contributed by atoms with Crippen molar-refractivity contribution in [1.29, 1.82) is 0 Å². The molecule has 1 aromatic rings. The van der Waals surface area contributed by atoms with E-state index in [1.807, 2.05) is 25.1 Å². The summed E-state index contributed by atoms with van der Waals surface area (Å²) in [6, 6.07) is 7.45. The molecule has 0 atom stereocenters. The van der Waals surface area contributed by atoms with Crippen LogP contribution in [0.4, 0.5) is 0 Å². The van der Waals surface area contributed by atoms with Gasteiger partial charge in [-0.05, 0) is 25.0 Å². The Morgan fingerprint density at radius 1 is 0.952 bits per heavy atom. The van der Waals surface area contributed by atoms with E-state index in [1.54, 1.807) is 6.07 Å². The summed E-state index contributed by atoms with van der Waals surface area (Å²) in [5.74, 6) is -0.267. The third kappa shape index (κ3) is 7.86. The molecule has 0 aliphatic heterocycles. The van der Waals surface area contributed by atoms with Crippen molar-refractivity contribution in [2.75, 3.05) is 19.8 Å². The molecule has 0 fully saturated rings. The highest BCUT2D eigenvalue weighted by atomic mass is 16.6. The Morgan fingerprint density at radius 3 is 2.43 bits per heavy atom. The molecule has 3 heteroatoms. The minimum atomic E-state index is -0.267. The van der Waals surface area contributed by atoms with Gasteiger partial charge in [0.05, 0.1) is 12.2 Å². The van der Waals surface area contributed by atoms with Gasteiger partial charge < -0.3 is 9.47 Å². The molecule has 0 N–H and O–H groups in total. The third-order valence-corrected chi connectivity index (χ3v) is 3.47. The zero-order chi connectivity index (χ0) is 15.3. The van der Waals surface area contributed by atoms with Gasteiger partial charge in [0, 0.05) is 6.61 Å². The summed E-state index contributed by atoms with van der Waals surface area (Å²) in [5.41, 5.74) is 1.57. The second-order valence-corrected chi connectivity index (χ2v) is 5.33. The lowest BCUT2D eigenvalue weighted by molar-refractivity contribution is 0.0311. The fourth-order valence-electron chi connectivity index (χ4n) is 2.16. The molecule has 1 rings (SSSR count). The van der Waals surface area contributed by atoms with Crippen LogP contribution in [0.5, 0.6) is 0 Å². The Bertz CT molecular complexity index is 401. The Labute approximate surface area is 128 Å². The normalized spacial score (nSPS) is 10.6. The van der Waals surface area contributed by atoms with E-state index in [2.05, 4.69) is 6.92 Å². The largest absolute Gasteiger partial charge is 0.460 e. The van der Waals surface area contributed by atoms with Gasteiger partial charge in [0.1, 0.15) is 6.61 Å². The van der Waals surface area contributed by atoms with Crippen LogP contribution < -0.4 is 0 Å². The molecule has 3 nitrogen and oxygen atoms in total. The van der Waals surface area contributed by atoms with Crippen LogP contribution in [-0.2, 0) is 9.47 Å². The second-order valence-electron chi connectivity index (χ2n) is 5.33. The third-order valence-electron chi connectivity index (χ3n) is 3.47. The number of hydrogen-bond donors (Lipinski definition) is 0. The second kappa shape index (κ2) is 11.3.